The van der Waals surface area contributed by atoms with Crippen molar-refractivity contribution >= 4 is 0 Å². The molecule has 0 bridgehead atoms. The Hall–Kier alpha value is -0.520. The fraction of sp³-hybridized carbons (Fsp3) is 0.667. The summed E-state index contributed by atoms with van der Waals surface area (Å²) in [6, 6.07) is 0. The molecule has 0 radical (unpaired) electrons. The maximum atomic E-state index is 2.41. The number of rotatable bonds is 2. The Morgan fingerprint density at radius 2 is 2.33 bits per heavy atom. The highest BCUT2D eigenvalue weighted by Gasteiger charge is 2.10. The lowest BCUT2D eigenvalue weighted by Gasteiger charge is -2.18. The van der Waals surface area contributed by atoms with Gasteiger partial charge < -0.3 is 0 Å². The van der Waals surface area contributed by atoms with Gasteiger partial charge in [0, 0.05) is 0 Å². The molecular weight excluding hydrogens is 144 g/mol. The van der Waals surface area contributed by atoms with Crippen LogP contribution >= 0.6 is 0 Å². The molecule has 0 heterocycles. The van der Waals surface area contributed by atoms with Crippen molar-refractivity contribution in [1.82, 2.24) is 0 Å². The molecule has 0 saturated carbocycles. The second-order valence-corrected chi connectivity index (χ2v) is 4.21. The minimum absolute atomic E-state index is 0.920. The van der Waals surface area contributed by atoms with Crippen LogP contribution in [-0.4, -0.2) is 0 Å². The van der Waals surface area contributed by atoms with E-state index < -0.39 is 0 Å². The van der Waals surface area contributed by atoms with Crippen LogP contribution in [0.3, 0.4) is 0 Å². The van der Waals surface area contributed by atoms with E-state index in [1.807, 2.05) is 0 Å². The predicted molar refractivity (Wildman–Crippen MR) is 55.1 cm³/mol. The SMILES string of the molecule is CC(C)=CCC1CC=C(C)CC1. The number of hydrogen-bond donors (Lipinski definition) is 0. The van der Waals surface area contributed by atoms with Gasteiger partial charge in [0.1, 0.15) is 0 Å². The average molecular weight is 164 g/mol. The highest BCUT2D eigenvalue weighted by molar-refractivity contribution is 5.04. The Morgan fingerprint density at radius 1 is 1.58 bits per heavy atom. The van der Waals surface area contributed by atoms with E-state index in [0.29, 0.717) is 0 Å². The Kier molecular flexibility index (Phi) is 3.58. The van der Waals surface area contributed by atoms with Crippen LogP contribution in [0.1, 0.15) is 46.5 Å². The van der Waals surface area contributed by atoms with Crippen molar-refractivity contribution in [3.8, 4) is 0 Å². The van der Waals surface area contributed by atoms with Gasteiger partial charge in [0.25, 0.3) is 0 Å². The molecule has 0 heteroatoms. The van der Waals surface area contributed by atoms with E-state index in [4.69, 9.17) is 0 Å². The summed E-state index contributed by atoms with van der Waals surface area (Å²) >= 11 is 0. The topological polar surface area (TPSA) is 0 Å². The summed E-state index contributed by atoms with van der Waals surface area (Å²) < 4.78 is 0. The summed E-state index contributed by atoms with van der Waals surface area (Å²) in [5.74, 6) is 0.920. The average Bonchev–Trinajstić information content (AvgIpc) is 2.03. The third-order valence-electron chi connectivity index (χ3n) is 2.61. The third-order valence-corrected chi connectivity index (χ3v) is 2.61. The minimum atomic E-state index is 0.920. The molecule has 0 aromatic carbocycles. The van der Waals surface area contributed by atoms with Crippen LogP contribution < -0.4 is 0 Å². The first-order valence-corrected chi connectivity index (χ1v) is 4.97. The van der Waals surface area contributed by atoms with Gasteiger partial charge in [-0.15, -0.1) is 0 Å². The van der Waals surface area contributed by atoms with Gasteiger partial charge in [-0.1, -0.05) is 23.3 Å². The zero-order valence-electron chi connectivity index (χ0n) is 8.56. The van der Waals surface area contributed by atoms with Gasteiger partial charge in [-0.2, -0.15) is 0 Å². The van der Waals surface area contributed by atoms with Crippen LogP contribution in [0.15, 0.2) is 23.3 Å². The smallest absolute Gasteiger partial charge is 0.0317 e. The predicted octanol–water partition coefficient (Wildman–Crippen LogP) is 4.09. The zero-order valence-corrected chi connectivity index (χ0v) is 8.56. The Labute approximate surface area is 76.4 Å². The Morgan fingerprint density at radius 3 is 2.83 bits per heavy atom. The molecule has 1 atom stereocenters. The van der Waals surface area contributed by atoms with E-state index in [2.05, 4.69) is 32.9 Å². The van der Waals surface area contributed by atoms with E-state index in [-0.39, 0.29) is 0 Å². The van der Waals surface area contributed by atoms with Crippen molar-refractivity contribution in [1.29, 1.82) is 0 Å². The summed E-state index contributed by atoms with van der Waals surface area (Å²) in [5.41, 5.74) is 3.05. The molecule has 12 heavy (non-hydrogen) atoms. The minimum Gasteiger partial charge on any atom is -0.0856 e. The fourth-order valence-corrected chi connectivity index (χ4v) is 1.64. The second kappa shape index (κ2) is 4.49. The molecule has 0 nitrogen and oxygen atoms in total. The normalized spacial score (nSPS) is 23.2. The summed E-state index contributed by atoms with van der Waals surface area (Å²) in [4.78, 5) is 0. The summed E-state index contributed by atoms with van der Waals surface area (Å²) in [5, 5.41) is 0. The second-order valence-electron chi connectivity index (χ2n) is 4.21. The Bertz CT molecular complexity index is 192. The first-order valence-electron chi connectivity index (χ1n) is 4.97. The van der Waals surface area contributed by atoms with Gasteiger partial charge in [-0.3, -0.25) is 0 Å². The lowest BCUT2D eigenvalue weighted by atomic mass is 9.87. The quantitative estimate of drug-likeness (QED) is 0.539. The standard InChI is InChI=1S/C12H20/c1-10(2)4-7-12-8-5-11(3)6-9-12/h4-5,12H,6-9H2,1-3H3. The maximum absolute atomic E-state index is 2.41. The Balaban J connectivity index is 2.32. The highest BCUT2D eigenvalue weighted by Crippen LogP contribution is 2.26. The van der Waals surface area contributed by atoms with Crippen LogP contribution in [0.4, 0.5) is 0 Å². The van der Waals surface area contributed by atoms with Gasteiger partial charge in [0.15, 0.2) is 0 Å². The molecule has 0 aromatic rings. The summed E-state index contributed by atoms with van der Waals surface area (Å²) in [6.07, 6.45) is 10.1. The monoisotopic (exact) mass is 164 g/mol. The van der Waals surface area contributed by atoms with Gasteiger partial charge in [-0.25, -0.2) is 0 Å². The number of hydrogen-bond acceptors (Lipinski definition) is 0. The molecule has 1 aliphatic carbocycles. The van der Waals surface area contributed by atoms with E-state index in [9.17, 15) is 0 Å². The van der Waals surface area contributed by atoms with Crippen LogP contribution in [-0.2, 0) is 0 Å². The molecule has 0 N–H and O–H groups in total. The molecule has 1 unspecified atom stereocenters. The molecule has 0 fully saturated rings. The van der Waals surface area contributed by atoms with Gasteiger partial charge in [-0.05, 0) is 52.4 Å². The van der Waals surface area contributed by atoms with E-state index >= 15 is 0 Å². The van der Waals surface area contributed by atoms with Crippen molar-refractivity contribution in [2.24, 2.45) is 5.92 Å². The first kappa shape index (κ1) is 9.57. The molecule has 0 amide bonds. The fourth-order valence-electron chi connectivity index (χ4n) is 1.64. The van der Waals surface area contributed by atoms with E-state index in [1.54, 1.807) is 5.57 Å². The molecule has 0 saturated heterocycles. The van der Waals surface area contributed by atoms with Crippen LogP contribution in [0, 0.1) is 5.92 Å². The lowest BCUT2D eigenvalue weighted by Crippen LogP contribution is -2.03. The van der Waals surface area contributed by atoms with Gasteiger partial charge in [0.2, 0.25) is 0 Å². The van der Waals surface area contributed by atoms with Crippen molar-refractivity contribution < 1.29 is 0 Å². The molecule has 1 rings (SSSR count). The van der Waals surface area contributed by atoms with Crippen LogP contribution in [0.5, 0.6) is 0 Å². The maximum Gasteiger partial charge on any atom is -0.0317 e. The van der Waals surface area contributed by atoms with E-state index in [1.165, 1.54) is 31.3 Å². The van der Waals surface area contributed by atoms with Crippen LogP contribution in [0.25, 0.3) is 0 Å². The number of allylic oxidation sites excluding steroid dienone is 4. The van der Waals surface area contributed by atoms with Crippen molar-refractivity contribution in [2.45, 2.75) is 46.5 Å². The van der Waals surface area contributed by atoms with Crippen LogP contribution in [0.2, 0.25) is 0 Å². The van der Waals surface area contributed by atoms with Crippen molar-refractivity contribution in [3.05, 3.63) is 23.3 Å². The molecular formula is C12H20. The summed E-state index contributed by atoms with van der Waals surface area (Å²) in [6.45, 7) is 6.62. The molecule has 0 spiro atoms. The zero-order chi connectivity index (χ0) is 8.97. The largest absolute Gasteiger partial charge is 0.0856 e. The van der Waals surface area contributed by atoms with Gasteiger partial charge >= 0.3 is 0 Å². The molecule has 0 aromatic heterocycles. The molecule has 1 aliphatic rings. The van der Waals surface area contributed by atoms with E-state index in [0.717, 1.165) is 5.92 Å². The lowest BCUT2D eigenvalue weighted by molar-refractivity contribution is 0.474. The molecule has 68 valence electrons. The van der Waals surface area contributed by atoms with Gasteiger partial charge in [0.05, 0.1) is 0 Å². The third kappa shape index (κ3) is 3.25. The molecule has 0 aliphatic heterocycles. The summed E-state index contributed by atoms with van der Waals surface area (Å²) in [7, 11) is 0. The first-order chi connectivity index (χ1) is 5.68. The van der Waals surface area contributed by atoms with Crippen molar-refractivity contribution in [3.63, 3.8) is 0 Å². The van der Waals surface area contributed by atoms with Crippen molar-refractivity contribution in [2.75, 3.05) is 0 Å². The highest BCUT2D eigenvalue weighted by atomic mass is 14.2.